The summed E-state index contributed by atoms with van der Waals surface area (Å²) in [5.74, 6) is 0.132. The molecule has 1 unspecified atom stereocenters. The van der Waals surface area contributed by atoms with Crippen LogP contribution in [0.5, 0.6) is 5.75 Å². The Bertz CT molecular complexity index is 614. The largest absolute Gasteiger partial charge is 0.482 e. The summed E-state index contributed by atoms with van der Waals surface area (Å²) in [7, 11) is 0. The smallest absolute Gasteiger partial charge is 0.262 e. The van der Waals surface area contributed by atoms with Gasteiger partial charge >= 0.3 is 0 Å². The minimum Gasteiger partial charge on any atom is -0.482 e. The van der Waals surface area contributed by atoms with Crippen molar-refractivity contribution in [3.05, 3.63) is 23.8 Å². The summed E-state index contributed by atoms with van der Waals surface area (Å²) < 4.78 is 5.26. The van der Waals surface area contributed by atoms with Gasteiger partial charge in [0.1, 0.15) is 11.8 Å². The minimum absolute atomic E-state index is 0.0183. The van der Waals surface area contributed by atoms with Crippen LogP contribution in [0, 0.1) is 0 Å². The fraction of sp³-hybridized carbons (Fsp3) is 0.357. The molecule has 3 rings (SSSR count). The van der Waals surface area contributed by atoms with Crippen LogP contribution in [0.1, 0.15) is 18.4 Å². The van der Waals surface area contributed by atoms with E-state index < -0.39 is 6.04 Å². The minimum atomic E-state index is -0.446. The average Bonchev–Trinajstić information content (AvgIpc) is 2.91. The fourth-order valence-corrected chi connectivity index (χ4v) is 2.36. The normalized spacial score (nSPS) is 20.1. The molecule has 0 aromatic heterocycles. The zero-order valence-corrected chi connectivity index (χ0v) is 11.3. The molecule has 1 fully saturated rings. The Hall–Kier alpha value is -2.57. The lowest BCUT2D eigenvalue weighted by Crippen LogP contribution is -2.41. The molecule has 2 aliphatic rings. The summed E-state index contributed by atoms with van der Waals surface area (Å²) in [6.07, 6.45) is 0.916. The highest BCUT2D eigenvalue weighted by Crippen LogP contribution is 2.28. The van der Waals surface area contributed by atoms with Crippen molar-refractivity contribution < 1.29 is 19.1 Å². The lowest BCUT2D eigenvalue weighted by Gasteiger charge is -2.18. The Morgan fingerprint density at radius 3 is 2.95 bits per heavy atom. The molecular weight excluding hydrogens is 274 g/mol. The molecule has 0 aliphatic carbocycles. The first kappa shape index (κ1) is 13.4. The molecule has 1 aromatic rings. The number of hydrogen-bond donors (Lipinski definition) is 3. The molecule has 3 amide bonds. The molecule has 21 heavy (non-hydrogen) atoms. The zero-order chi connectivity index (χ0) is 14.8. The van der Waals surface area contributed by atoms with Crippen LogP contribution in [-0.4, -0.2) is 30.4 Å². The van der Waals surface area contributed by atoms with E-state index in [1.165, 1.54) is 0 Å². The number of ether oxygens (including phenoxy) is 1. The number of fused-ring (bicyclic) bond motifs is 1. The summed E-state index contributed by atoms with van der Waals surface area (Å²) >= 11 is 0. The topological polar surface area (TPSA) is 96.5 Å². The second kappa shape index (κ2) is 5.43. The Kier molecular flexibility index (Phi) is 3.47. The van der Waals surface area contributed by atoms with Crippen molar-refractivity contribution >= 4 is 23.4 Å². The molecular formula is C14H15N3O4. The number of hydrogen-bond acceptors (Lipinski definition) is 4. The van der Waals surface area contributed by atoms with E-state index in [1.807, 2.05) is 6.07 Å². The molecule has 0 spiro atoms. The number of anilines is 1. The number of nitrogens with one attached hydrogen (secondary N) is 3. The van der Waals surface area contributed by atoms with Crippen molar-refractivity contribution in [2.24, 2.45) is 0 Å². The van der Waals surface area contributed by atoms with Crippen LogP contribution in [0.15, 0.2) is 18.2 Å². The van der Waals surface area contributed by atoms with Gasteiger partial charge in [-0.15, -0.1) is 0 Å². The maximum absolute atomic E-state index is 11.9. The van der Waals surface area contributed by atoms with Gasteiger partial charge in [-0.1, -0.05) is 6.07 Å². The third-order valence-electron chi connectivity index (χ3n) is 3.46. The van der Waals surface area contributed by atoms with Crippen LogP contribution in [0.3, 0.4) is 0 Å². The van der Waals surface area contributed by atoms with Gasteiger partial charge in [0, 0.05) is 13.0 Å². The standard InChI is InChI=1S/C14H15N3O4/c18-12-4-2-9(16-12)14(20)15-6-8-1-3-11-10(5-8)17-13(19)7-21-11/h1,3,5,9H,2,4,6-7H2,(H,15,20)(H,16,18)(H,17,19). The van der Waals surface area contributed by atoms with Crippen LogP contribution in [0.4, 0.5) is 5.69 Å². The summed E-state index contributed by atoms with van der Waals surface area (Å²) in [6.45, 7) is 0.346. The molecule has 0 bridgehead atoms. The zero-order valence-electron chi connectivity index (χ0n) is 11.3. The first-order valence-electron chi connectivity index (χ1n) is 6.74. The van der Waals surface area contributed by atoms with Crippen LogP contribution in [-0.2, 0) is 20.9 Å². The Balaban J connectivity index is 1.60. The van der Waals surface area contributed by atoms with Crippen molar-refractivity contribution in [3.63, 3.8) is 0 Å². The van der Waals surface area contributed by atoms with Gasteiger partial charge in [-0.25, -0.2) is 0 Å². The Morgan fingerprint density at radius 1 is 1.33 bits per heavy atom. The average molecular weight is 289 g/mol. The first-order chi connectivity index (χ1) is 10.1. The van der Waals surface area contributed by atoms with Crippen LogP contribution in [0.25, 0.3) is 0 Å². The van der Waals surface area contributed by atoms with E-state index in [4.69, 9.17) is 4.74 Å². The molecule has 7 heteroatoms. The van der Waals surface area contributed by atoms with Crippen molar-refractivity contribution in [3.8, 4) is 5.75 Å². The third-order valence-corrected chi connectivity index (χ3v) is 3.46. The quantitative estimate of drug-likeness (QED) is 0.724. The highest BCUT2D eigenvalue weighted by molar-refractivity contribution is 5.95. The van der Waals surface area contributed by atoms with E-state index in [-0.39, 0.29) is 24.3 Å². The molecule has 2 heterocycles. The molecule has 0 radical (unpaired) electrons. The van der Waals surface area contributed by atoms with Gasteiger partial charge in [0.05, 0.1) is 5.69 Å². The maximum atomic E-state index is 11.9. The van der Waals surface area contributed by atoms with Crippen LogP contribution < -0.4 is 20.7 Å². The van der Waals surface area contributed by atoms with E-state index in [9.17, 15) is 14.4 Å². The molecule has 1 aromatic carbocycles. The van der Waals surface area contributed by atoms with E-state index in [1.54, 1.807) is 12.1 Å². The Morgan fingerprint density at radius 2 is 2.19 bits per heavy atom. The molecule has 1 saturated heterocycles. The lowest BCUT2D eigenvalue weighted by atomic mass is 10.1. The second-order valence-corrected chi connectivity index (χ2v) is 5.04. The molecule has 3 N–H and O–H groups in total. The summed E-state index contributed by atoms with van der Waals surface area (Å²) in [6, 6.07) is 4.90. The monoisotopic (exact) mass is 289 g/mol. The fourth-order valence-electron chi connectivity index (χ4n) is 2.36. The predicted octanol–water partition coefficient (Wildman–Crippen LogP) is -0.0877. The van der Waals surface area contributed by atoms with Gasteiger partial charge in [-0.2, -0.15) is 0 Å². The van der Waals surface area contributed by atoms with Gasteiger partial charge < -0.3 is 20.7 Å². The highest BCUT2D eigenvalue weighted by Gasteiger charge is 2.26. The van der Waals surface area contributed by atoms with Gasteiger partial charge in [0.2, 0.25) is 11.8 Å². The first-order valence-corrected chi connectivity index (χ1v) is 6.74. The van der Waals surface area contributed by atoms with Crippen molar-refractivity contribution in [2.45, 2.75) is 25.4 Å². The Labute approximate surface area is 121 Å². The van der Waals surface area contributed by atoms with Crippen LogP contribution >= 0.6 is 0 Å². The summed E-state index contributed by atoms with van der Waals surface area (Å²) in [5, 5.41) is 8.11. The number of benzene rings is 1. The van der Waals surface area contributed by atoms with E-state index in [2.05, 4.69) is 16.0 Å². The SMILES string of the molecule is O=C1COc2ccc(CNC(=O)C3CCC(=O)N3)cc2N1. The van der Waals surface area contributed by atoms with Crippen molar-refractivity contribution in [2.75, 3.05) is 11.9 Å². The number of amides is 3. The van der Waals surface area contributed by atoms with Gasteiger partial charge in [0.25, 0.3) is 5.91 Å². The molecule has 1 atom stereocenters. The van der Waals surface area contributed by atoms with Crippen LogP contribution in [0.2, 0.25) is 0 Å². The third kappa shape index (κ3) is 2.96. The predicted molar refractivity (Wildman–Crippen MR) is 73.6 cm³/mol. The van der Waals surface area contributed by atoms with Crippen molar-refractivity contribution in [1.82, 2.24) is 10.6 Å². The maximum Gasteiger partial charge on any atom is 0.262 e. The molecule has 7 nitrogen and oxygen atoms in total. The van der Waals surface area contributed by atoms with Crippen molar-refractivity contribution in [1.29, 1.82) is 0 Å². The summed E-state index contributed by atoms with van der Waals surface area (Å²) in [4.78, 5) is 34.2. The van der Waals surface area contributed by atoms with Gasteiger partial charge in [0.15, 0.2) is 6.61 Å². The van der Waals surface area contributed by atoms with E-state index >= 15 is 0 Å². The summed E-state index contributed by atoms with van der Waals surface area (Å²) in [5.41, 5.74) is 1.45. The van der Waals surface area contributed by atoms with Gasteiger partial charge in [-0.3, -0.25) is 14.4 Å². The lowest BCUT2D eigenvalue weighted by molar-refractivity contribution is -0.125. The molecule has 2 aliphatic heterocycles. The van der Waals surface area contributed by atoms with E-state index in [0.717, 1.165) is 5.56 Å². The molecule has 0 saturated carbocycles. The molecule has 110 valence electrons. The second-order valence-electron chi connectivity index (χ2n) is 5.04. The number of carbonyl (C=O) groups excluding carboxylic acids is 3. The number of carbonyl (C=O) groups is 3. The number of rotatable bonds is 3. The van der Waals surface area contributed by atoms with Gasteiger partial charge in [-0.05, 0) is 24.1 Å². The highest BCUT2D eigenvalue weighted by atomic mass is 16.5. The van der Waals surface area contributed by atoms with E-state index in [0.29, 0.717) is 30.8 Å².